The van der Waals surface area contributed by atoms with Gasteiger partial charge in [-0.1, -0.05) is 27.7 Å². The van der Waals surface area contributed by atoms with Crippen molar-refractivity contribution in [1.29, 1.82) is 0 Å². The topological polar surface area (TPSA) is 32.3 Å². The largest absolute Gasteiger partial charge is 0.369 e. The molecule has 0 fully saturated rings. The molecule has 126 valence electrons. The average Bonchev–Trinajstić information content (AvgIpc) is 2.44. The van der Waals surface area contributed by atoms with E-state index in [2.05, 4.69) is 75.4 Å². The fourth-order valence-corrected chi connectivity index (χ4v) is 2.81. The average molecular weight is 306 g/mol. The molecule has 0 N–H and O–H groups in total. The molecular formula is C18H34N4. The lowest BCUT2D eigenvalue weighted by atomic mass is 10.0. The standard InChI is InChI=1S/C18H34N4/c1-13(2)9-15(5)21(7)17-11-19-18(20-12-17)22(8)16(6)10-14(3)4/h11-16H,9-10H2,1-8H3. The molecule has 0 saturated heterocycles. The predicted octanol–water partition coefficient (Wildman–Crippen LogP) is 4.22. The molecule has 0 aliphatic carbocycles. The van der Waals surface area contributed by atoms with Crippen LogP contribution in [0.5, 0.6) is 0 Å². The molecule has 0 bridgehead atoms. The van der Waals surface area contributed by atoms with Crippen molar-refractivity contribution in [2.75, 3.05) is 23.9 Å². The zero-order valence-corrected chi connectivity index (χ0v) is 15.7. The van der Waals surface area contributed by atoms with Crippen LogP contribution in [0.3, 0.4) is 0 Å². The second-order valence-corrected chi connectivity index (χ2v) is 7.42. The second-order valence-electron chi connectivity index (χ2n) is 7.42. The number of nitrogens with zero attached hydrogens (tertiary/aromatic N) is 4. The van der Waals surface area contributed by atoms with Crippen LogP contribution < -0.4 is 9.80 Å². The van der Waals surface area contributed by atoms with Crippen LogP contribution in [0.25, 0.3) is 0 Å². The highest BCUT2D eigenvalue weighted by atomic mass is 15.3. The van der Waals surface area contributed by atoms with Crippen molar-refractivity contribution >= 4 is 11.6 Å². The SMILES string of the molecule is CC(C)CC(C)N(C)c1cnc(N(C)C(C)CC(C)C)nc1. The van der Waals surface area contributed by atoms with Gasteiger partial charge in [0.15, 0.2) is 0 Å². The van der Waals surface area contributed by atoms with E-state index in [-0.39, 0.29) is 0 Å². The van der Waals surface area contributed by atoms with Gasteiger partial charge >= 0.3 is 0 Å². The van der Waals surface area contributed by atoms with Gasteiger partial charge in [-0.3, -0.25) is 0 Å². The fraction of sp³-hybridized carbons (Fsp3) is 0.778. The maximum atomic E-state index is 4.56. The van der Waals surface area contributed by atoms with Gasteiger partial charge < -0.3 is 9.80 Å². The molecule has 0 radical (unpaired) electrons. The van der Waals surface area contributed by atoms with Crippen LogP contribution in [0.15, 0.2) is 12.4 Å². The summed E-state index contributed by atoms with van der Waals surface area (Å²) in [5, 5.41) is 0. The highest BCUT2D eigenvalue weighted by Crippen LogP contribution is 2.20. The predicted molar refractivity (Wildman–Crippen MR) is 96.7 cm³/mol. The summed E-state index contributed by atoms with van der Waals surface area (Å²) in [6.45, 7) is 13.5. The lowest BCUT2D eigenvalue weighted by Gasteiger charge is -2.29. The Morgan fingerprint density at radius 3 is 1.59 bits per heavy atom. The Labute approximate surface area is 136 Å². The zero-order chi connectivity index (χ0) is 16.9. The first-order chi connectivity index (χ1) is 10.2. The normalized spacial score (nSPS) is 14.3. The van der Waals surface area contributed by atoms with Crippen molar-refractivity contribution in [2.45, 2.75) is 66.5 Å². The Kier molecular flexibility index (Phi) is 7.11. The van der Waals surface area contributed by atoms with Gasteiger partial charge in [0.2, 0.25) is 5.95 Å². The quantitative estimate of drug-likeness (QED) is 0.720. The number of rotatable bonds is 8. The van der Waals surface area contributed by atoms with Crippen molar-refractivity contribution in [2.24, 2.45) is 11.8 Å². The molecule has 4 nitrogen and oxygen atoms in total. The van der Waals surface area contributed by atoms with Crippen LogP contribution in [-0.4, -0.2) is 36.1 Å². The van der Waals surface area contributed by atoms with Crippen LogP contribution in [0, 0.1) is 11.8 Å². The molecule has 0 aliphatic heterocycles. The lowest BCUT2D eigenvalue weighted by Crippen LogP contribution is -2.32. The third-order valence-corrected chi connectivity index (χ3v) is 4.29. The number of hydrogen-bond donors (Lipinski definition) is 0. The summed E-state index contributed by atoms with van der Waals surface area (Å²) in [6.07, 6.45) is 6.20. The monoisotopic (exact) mass is 306 g/mol. The summed E-state index contributed by atoms with van der Waals surface area (Å²) < 4.78 is 0. The van der Waals surface area contributed by atoms with E-state index in [0.717, 1.165) is 18.1 Å². The molecule has 1 rings (SSSR count). The van der Waals surface area contributed by atoms with Crippen LogP contribution in [-0.2, 0) is 0 Å². The van der Waals surface area contributed by atoms with Crippen molar-refractivity contribution in [3.63, 3.8) is 0 Å². The van der Waals surface area contributed by atoms with Crippen LogP contribution >= 0.6 is 0 Å². The molecule has 0 amide bonds. The zero-order valence-electron chi connectivity index (χ0n) is 15.7. The Bertz CT molecular complexity index is 386. The highest BCUT2D eigenvalue weighted by molar-refractivity contribution is 5.45. The number of hydrogen-bond acceptors (Lipinski definition) is 4. The Morgan fingerprint density at radius 2 is 1.18 bits per heavy atom. The molecule has 1 aromatic heterocycles. The summed E-state index contributed by atoms with van der Waals surface area (Å²) in [6, 6.07) is 0.940. The molecule has 4 heteroatoms. The van der Waals surface area contributed by atoms with Gasteiger partial charge in [0, 0.05) is 26.2 Å². The number of anilines is 2. The van der Waals surface area contributed by atoms with E-state index in [1.165, 1.54) is 6.42 Å². The van der Waals surface area contributed by atoms with Gasteiger partial charge in [-0.2, -0.15) is 0 Å². The van der Waals surface area contributed by atoms with Gasteiger partial charge in [-0.05, 0) is 38.5 Å². The summed E-state index contributed by atoms with van der Waals surface area (Å²) in [5.41, 5.74) is 1.09. The maximum Gasteiger partial charge on any atom is 0.225 e. The Balaban J connectivity index is 2.73. The summed E-state index contributed by atoms with van der Waals surface area (Å²) in [5.74, 6) is 2.18. The molecular weight excluding hydrogens is 272 g/mol. The minimum atomic E-state index is 0.448. The Hall–Kier alpha value is -1.32. The van der Waals surface area contributed by atoms with E-state index in [1.807, 2.05) is 12.4 Å². The summed E-state index contributed by atoms with van der Waals surface area (Å²) in [7, 11) is 4.20. The van der Waals surface area contributed by atoms with Gasteiger partial charge in [0.25, 0.3) is 0 Å². The molecule has 0 saturated carbocycles. The van der Waals surface area contributed by atoms with Crippen molar-refractivity contribution in [3.05, 3.63) is 12.4 Å². The minimum absolute atomic E-state index is 0.448. The van der Waals surface area contributed by atoms with Crippen molar-refractivity contribution in [1.82, 2.24) is 9.97 Å². The Morgan fingerprint density at radius 1 is 0.773 bits per heavy atom. The van der Waals surface area contributed by atoms with Crippen LogP contribution in [0.1, 0.15) is 54.4 Å². The van der Waals surface area contributed by atoms with E-state index in [1.54, 1.807) is 0 Å². The van der Waals surface area contributed by atoms with E-state index in [9.17, 15) is 0 Å². The molecule has 0 aromatic carbocycles. The summed E-state index contributed by atoms with van der Waals surface area (Å²) >= 11 is 0. The lowest BCUT2D eigenvalue weighted by molar-refractivity contribution is 0.498. The first kappa shape index (κ1) is 18.7. The van der Waals surface area contributed by atoms with E-state index in [4.69, 9.17) is 0 Å². The smallest absolute Gasteiger partial charge is 0.225 e. The molecule has 0 aliphatic rings. The minimum Gasteiger partial charge on any atom is -0.369 e. The molecule has 2 atom stereocenters. The van der Waals surface area contributed by atoms with Crippen LogP contribution in [0.2, 0.25) is 0 Å². The first-order valence-corrected chi connectivity index (χ1v) is 8.50. The van der Waals surface area contributed by atoms with Gasteiger partial charge in [-0.15, -0.1) is 0 Å². The van der Waals surface area contributed by atoms with E-state index in [0.29, 0.717) is 23.9 Å². The van der Waals surface area contributed by atoms with Crippen LogP contribution in [0.4, 0.5) is 11.6 Å². The molecule has 1 aromatic rings. The molecule has 1 heterocycles. The maximum absolute atomic E-state index is 4.56. The van der Waals surface area contributed by atoms with Gasteiger partial charge in [-0.25, -0.2) is 9.97 Å². The third-order valence-electron chi connectivity index (χ3n) is 4.29. The van der Waals surface area contributed by atoms with Crippen molar-refractivity contribution < 1.29 is 0 Å². The van der Waals surface area contributed by atoms with Gasteiger partial charge in [0.05, 0.1) is 18.1 Å². The van der Waals surface area contributed by atoms with E-state index >= 15 is 0 Å². The molecule has 2 unspecified atom stereocenters. The van der Waals surface area contributed by atoms with Crippen molar-refractivity contribution in [3.8, 4) is 0 Å². The number of aromatic nitrogens is 2. The highest BCUT2D eigenvalue weighted by Gasteiger charge is 2.16. The third kappa shape index (κ3) is 5.47. The second kappa shape index (κ2) is 8.35. The fourth-order valence-electron chi connectivity index (χ4n) is 2.81. The van der Waals surface area contributed by atoms with E-state index < -0.39 is 0 Å². The summed E-state index contributed by atoms with van der Waals surface area (Å²) in [4.78, 5) is 13.6. The molecule has 22 heavy (non-hydrogen) atoms. The first-order valence-electron chi connectivity index (χ1n) is 8.50. The molecule has 0 spiro atoms. The van der Waals surface area contributed by atoms with Gasteiger partial charge in [0.1, 0.15) is 0 Å².